The summed E-state index contributed by atoms with van der Waals surface area (Å²) in [6.07, 6.45) is 12.2. The smallest absolute Gasteiger partial charge is 0.224 e. The van der Waals surface area contributed by atoms with Crippen molar-refractivity contribution in [2.75, 3.05) is 5.32 Å². The minimum Gasteiger partial charge on any atom is -0.490 e. The third kappa shape index (κ3) is 4.10. The van der Waals surface area contributed by atoms with Gasteiger partial charge in [-0.15, -0.1) is 0 Å². The van der Waals surface area contributed by atoms with Crippen LogP contribution in [0.4, 0.5) is 5.69 Å². The minimum atomic E-state index is 0.0876. The van der Waals surface area contributed by atoms with Gasteiger partial charge in [-0.05, 0) is 56.6 Å². The van der Waals surface area contributed by atoms with E-state index in [2.05, 4.69) is 17.5 Å². The van der Waals surface area contributed by atoms with E-state index in [0.29, 0.717) is 18.4 Å². The maximum absolute atomic E-state index is 12.0. The SMILES string of the molecule is O=C(CC1C=CCC1)Nc1cccc(OC2CCCC2)c1. The van der Waals surface area contributed by atoms with Crippen molar-refractivity contribution >= 4 is 11.6 Å². The molecular formula is C18H23NO2. The fourth-order valence-corrected chi connectivity index (χ4v) is 3.16. The number of anilines is 1. The Morgan fingerprint density at radius 1 is 1.24 bits per heavy atom. The highest BCUT2D eigenvalue weighted by molar-refractivity contribution is 5.91. The molecule has 1 atom stereocenters. The first kappa shape index (κ1) is 14.2. The molecule has 0 radical (unpaired) electrons. The second-order valence-corrected chi connectivity index (χ2v) is 6.07. The standard InChI is InChI=1S/C18H23NO2/c20-18(12-14-6-1-2-7-14)19-15-8-5-11-17(13-15)21-16-9-3-4-10-16/h1,5-6,8,11,13-14,16H,2-4,7,9-10,12H2,(H,19,20). The van der Waals surface area contributed by atoms with Crippen LogP contribution in [0, 0.1) is 5.92 Å². The summed E-state index contributed by atoms with van der Waals surface area (Å²) < 4.78 is 5.97. The molecule has 0 saturated heterocycles. The lowest BCUT2D eigenvalue weighted by atomic mass is 10.1. The number of amides is 1. The molecule has 0 aliphatic heterocycles. The maximum atomic E-state index is 12.0. The number of carbonyl (C=O) groups excluding carboxylic acids is 1. The molecule has 112 valence electrons. The molecule has 3 heteroatoms. The molecule has 3 nitrogen and oxygen atoms in total. The van der Waals surface area contributed by atoms with Crippen molar-refractivity contribution in [2.24, 2.45) is 5.92 Å². The van der Waals surface area contributed by atoms with Gasteiger partial charge in [-0.2, -0.15) is 0 Å². The summed E-state index contributed by atoms with van der Waals surface area (Å²) in [6.45, 7) is 0. The van der Waals surface area contributed by atoms with Gasteiger partial charge in [0.2, 0.25) is 5.91 Å². The summed E-state index contributed by atoms with van der Waals surface area (Å²) in [6, 6.07) is 7.76. The number of ether oxygens (including phenoxy) is 1. The number of benzene rings is 1. The summed E-state index contributed by atoms with van der Waals surface area (Å²) in [4.78, 5) is 12.0. The van der Waals surface area contributed by atoms with Crippen LogP contribution in [0.25, 0.3) is 0 Å². The van der Waals surface area contributed by atoms with Gasteiger partial charge in [-0.1, -0.05) is 18.2 Å². The highest BCUT2D eigenvalue weighted by Crippen LogP contribution is 2.26. The van der Waals surface area contributed by atoms with Crippen LogP contribution in [0.1, 0.15) is 44.9 Å². The topological polar surface area (TPSA) is 38.3 Å². The van der Waals surface area contributed by atoms with Crippen LogP contribution in [0.3, 0.4) is 0 Å². The van der Waals surface area contributed by atoms with E-state index in [1.54, 1.807) is 0 Å². The zero-order chi connectivity index (χ0) is 14.5. The fourth-order valence-electron chi connectivity index (χ4n) is 3.16. The summed E-state index contributed by atoms with van der Waals surface area (Å²) in [5.41, 5.74) is 0.831. The van der Waals surface area contributed by atoms with Gasteiger partial charge in [0.05, 0.1) is 6.10 Å². The van der Waals surface area contributed by atoms with E-state index in [-0.39, 0.29) is 5.91 Å². The molecule has 1 N–H and O–H groups in total. The van der Waals surface area contributed by atoms with Gasteiger partial charge >= 0.3 is 0 Å². The Balaban J connectivity index is 1.54. The molecule has 1 aromatic carbocycles. The molecule has 0 heterocycles. The van der Waals surface area contributed by atoms with Gasteiger partial charge < -0.3 is 10.1 Å². The van der Waals surface area contributed by atoms with Crippen LogP contribution >= 0.6 is 0 Å². The normalized spacial score (nSPS) is 21.6. The molecule has 1 aromatic rings. The van der Waals surface area contributed by atoms with Crippen LogP contribution in [0.5, 0.6) is 5.75 Å². The first-order chi connectivity index (χ1) is 10.3. The van der Waals surface area contributed by atoms with Crippen molar-refractivity contribution in [1.82, 2.24) is 0 Å². The van der Waals surface area contributed by atoms with Crippen LogP contribution in [-0.2, 0) is 4.79 Å². The molecule has 0 aromatic heterocycles. The Labute approximate surface area is 126 Å². The van der Waals surface area contributed by atoms with Crippen molar-refractivity contribution in [3.05, 3.63) is 36.4 Å². The maximum Gasteiger partial charge on any atom is 0.224 e. The third-order valence-corrected chi connectivity index (χ3v) is 4.28. The zero-order valence-corrected chi connectivity index (χ0v) is 12.4. The predicted molar refractivity (Wildman–Crippen MR) is 84.4 cm³/mol. The molecule has 3 rings (SSSR count). The average Bonchev–Trinajstić information content (AvgIpc) is 3.12. The van der Waals surface area contributed by atoms with E-state index < -0.39 is 0 Å². The van der Waals surface area contributed by atoms with E-state index in [4.69, 9.17) is 4.74 Å². The predicted octanol–water partition coefficient (Wildman–Crippen LogP) is 4.30. The van der Waals surface area contributed by atoms with Gasteiger partial charge in [-0.25, -0.2) is 0 Å². The molecule has 1 unspecified atom stereocenters. The van der Waals surface area contributed by atoms with Gasteiger partial charge in [-0.3, -0.25) is 4.79 Å². The quantitative estimate of drug-likeness (QED) is 0.819. The van der Waals surface area contributed by atoms with Crippen LogP contribution in [0.2, 0.25) is 0 Å². The molecular weight excluding hydrogens is 262 g/mol. The highest BCUT2D eigenvalue weighted by atomic mass is 16.5. The fraction of sp³-hybridized carbons (Fsp3) is 0.500. The second kappa shape index (κ2) is 6.79. The van der Waals surface area contributed by atoms with Crippen LogP contribution < -0.4 is 10.1 Å². The van der Waals surface area contributed by atoms with Gasteiger partial charge in [0.15, 0.2) is 0 Å². The second-order valence-electron chi connectivity index (χ2n) is 6.07. The van der Waals surface area contributed by atoms with E-state index >= 15 is 0 Å². The number of nitrogens with one attached hydrogen (secondary N) is 1. The third-order valence-electron chi connectivity index (χ3n) is 4.28. The number of rotatable bonds is 5. The lowest BCUT2D eigenvalue weighted by Gasteiger charge is -2.14. The summed E-state index contributed by atoms with van der Waals surface area (Å²) in [5, 5.41) is 2.98. The monoisotopic (exact) mass is 285 g/mol. The molecule has 2 aliphatic carbocycles. The Kier molecular flexibility index (Phi) is 4.59. The number of carbonyl (C=O) groups is 1. The Hall–Kier alpha value is -1.77. The van der Waals surface area contributed by atoms with Crippen molar-refractivity contribution < 1.29 is 9.53 Å². The number of hydrogen-bond donors (Lipinski definition) is 1. The summed E-state index contributed by atoms with van der Waals surface area (Å²) in [7, 11) is 0. The zero-order valence-electron chi connectivity index (χ0n) is 12.4. The number of allylic oxidation sites excluding steroid dienone is 2. The summed E-state index contributed by atoms with van der Waals surface area (Å²) in [5.74, 6) is 1.35. The van der Waals surface area contributed by atoms with Crippen molar-refractivity contribution in [2.45, 2.75) is 51.0 Å². The van der Waals surface area contributed by atoms with Crippen molar-refractivity contribution in [1.29, 1.82) is 0 Å². The molecule has 2 aliphatic rings. The van der Waals surface area contributed by atoms with E-state index in [0.717, 1.165) is 37.1 Å². The lowest BCUT2D eigenvalue weighted by molar-refractivity contribution is -0.116. The highest BCUT2D eigenvalue weighted by Gasteiger charge is 2.17. The van der Waals surface area contributed by atoms with Gasteiger partial charge in [0.25, 0.3) is 0 Å². The Morgan fingerprint density at radius 2 is 2.10 bits per heavy atom. The molecule has 21 heavy (non-hydrogen) atoms. The molecule has 1 fully saturated rings. The number of hydrogen-bond acceptors (Lipinski definition) is 2. The van der Waals surface area contributed by atoms with Gasteiger partial charge in [0, 0.05) is 18.2 Å². The molecule has 0 bridgehead atoms. The molecule has 0 spiro atoms. The van der Waals surface area contributed by atoms with Crippen molar-refractivity contribution in [3.8, 4) is 5.75 Å². The van der Waals surface area contributed by atoms with Gasteiger partial charge in [0.1, 0.15) is 5.75 Å². The minimum absolute atomic E-state index is 0.0876. The van der Waals surface area contributed by atoms with Crippen LogP contribution in [-0.4, -0.2) is 12.0 Å². The molecule has 1 saturated carbocycles. The Bertz CT molecular complexity index is 518. The van der Waals surface area contributed by atoms with Crippen molar-refractivity contribution in [3.63, 3.8) is 0 Å². The summed E-state index contributed by atoms with van der Waals surface area (Å²) >= 11 is 0. The van der Waals surface area contributed by atoms with E-state index in [1.165, 1.54) is 12.8 Å². The van der Waals surface area contributed by atoms with E-state index in [1.807, 2.05) is 24.3 Å². The van der Waals surface area contributed by atoms with E-state index in [9.17, 15) is 4.79 Å². The van der Waals surface area contributed by atoms with Crippen LogP contribution in [0.15, 0.2) is 36.4 Å². The first-order valence-electron chi connectivity index (χ1n) is 8.03. The first-order valence-corrected chi connectivity index (χ1v) is 8.03. The largest absolute Gasteiger partial charge is 0.490 e. The average molecular weight is 285 g/mol. The lowest BCUT2D eigenvalue weighted by Crippen LogP contribution is -2.15. The molecule has 1 amide bonds. The Morgan fingerprint density at radius 3 is 2.86 bits per heavy atom.